The van der Waals surface area contributed by atoms with Crippen LogP contribution in [0.4, 0.5) is 0 Å². The number of aliphatic hydroxyl groups is 4. The molecule has 0 aliphatic rings. The van der Waals surface area contributed by atoms with E-state index in [-0.39, 0.29) is 0 Å². The van der Waals surface area contributed by atoms with Gasteiger partial charge in [-0.15, -0.1) is 0 Å². The summed E-state index contributed by atoms with van der Waals surface area (Å²) in [4.78, 5) is 12.6. The molecule has 6 heteroatoms. The number of aliphatic hydroxyl groups excluding tert-OH is 4. The highest BCUT2D eigenvalue weighted by Gasteiger charge is 2.28. The predicted molar refractivity (Wildman–Crippen MR) is 316 cm³/mol. The Bertz CT molecular complexity index is 1050. The van der Waals surface area contributed by atoms with Gasteiger partial charge in [0.1, 0.15) is 12.2 Å². The molecule has 0 rings (SSSR count). The van der Waals surface area contributed by atoms with E-state index in [1.165, 1.54) is 308 Å². The Hall–Kier alpha value is -0.950. The van der Waals surface area contributed by atoms with E-state index >= 15 is 0 Å². The molecule has 4 unspecified atom stereocenters. The van der Waals surface area contributed by atoms with Crippen molar-refractivity contribution in [1.29, 1.82) is 0 Å². The number of allylic oxidation sites excluding steroid dienone is 2. The first-order valence-corrected chi connectivity index (χ1v) is 33.1. The quantitative estimate of drug-likeness (QED) is 0.0308. The van der Waals surface area contributed by atoms with Crippen molar-refractivity contribution >= 4 is 5.91 Å². The SMILES string of the molecule is CCCCCCCCCCCCCCCCCCCCCCCCCC/C=C/CCCC(O)C(O)C(CO)NC(=O)C(O)CCCCCCCCCCCCCCCCCCCCCCCCCCCCC. The second-order valence-corrected chi connectivity index (χ2v) is 23.2. The monoisotopic (exact) mass is 1020 g/mol. The van der Waals surface area contributed by atoms with Crippen LogP contribution in [-0.2, 0) is 4.79 Å². The highest BCUT2D eigenvalue weighted by Crippen LogP contribution is 2.19. The van der Waals surface area contributed by atoms with E-state index in [1.807, 2.05) is 0 Å². The average Bonchev–Trinajstić information content (AvgIpc) is 3.39. The van der Waals surface area contributed by atoms with Gasteiger partial charge < -0.3 is 25.7 Å². The summed E-state index contributed by atoms with van der Waals surface area (Å²) in [7, 11) is 0. The normalized spacial score (nSPS) is 13.6. The van der Waals surface area contributed by atoms with Crippen LogP contribution in [0.2, 0.25) is 0 Å². The van der Waals surface area contributed by atoms with Crippen LogP contribution in [0.5, 0.6) is 0 Å². The summed E-state index contributed by atoms with van der Waals surface area (Å²) in [6, 6.07) is -1.000. The van der Waals surface area contributed by atoms with Crippen molar-refractivity contribution in [2.45, 2.75) is 398 Å². The molecular formula is C66H131NO5. The minimum atomic E-state index is -1.28. The zero-order valence-corrected chi connectivity index (χ0v) is 49.0. The van der Waals surface area contributed by atoms with Crippen LogP contribution in [0, 0.1) is 0 Å². The molecule has 0 heterocycles. The van der Waals surface area contributed by atoms with Crippen molar-refractivity contribution in [1.82, 2.24) is 5.32 Å². The molecule has 5 N–H and O–H groups in total. The zero-order chi connectivity index (χ0) is 52.3. The second-order valence-electron chi connectivity index (χ2n) is 23.2. The molecule has 0 aliphatic heterocycles. The summed E-state index contributed by atoms with van der Waals surface area (Å²) < 4.78 is 0. The van der Waals surface area contributed by atoms with E-state index in [0.717, 1.165) is 38.5 Å². The number of carbonyl (C=O) groups is 1. The number of nitrogens with one attached hydrogen (secondary N) is 1. The third kappa shape index (κ3) is 53.9. The zero-order valence-electron chi connectivity index (χ0n) is 49.0. The maximum absolute atomic E-state index is 12.6. The number of hydrogen-bond donors (Lipinski definition) is 5. The molecule has 0 saturated heterocycles. The molecule has 72 heavy (non-hydrogen) atoms. The molecule has 0 spiro atoms. The Balaban J connectivity index is 3.56. The highest BCUT2D eigenvalue weighted by atomic mass is 16.3. The van der Waals surface area contributed by atoms with Crippen LogP contribution < -0.4 is 5.32 Å². The molecule has 430 valence electrons. The first-order valence-electron chi connectivity index (χ1n) is 33.1. The topological polar surface area (TPSA) is 110 Å². The fourth-order valence-corrected chi connectivity index (χ4v) is 10.8. The molecule has 0 radical (unpaired) electrons. The lowest BCUT2D eigenvalue weighted by molar-refractivity contribution is -0.132. The molecule has 0 bridgehead atoms. The van der Waals surface area contributed by atoms with Crippen LogP contribution in [-0.4, -0.2) is 57.3 Å². The third-order valence-corrected chi connectivity index (χ3v) is 16.0. The van der Waals surface area contributed by atoms with Crippen molar-refractivity contribution in [2.24, 2.45) is 0 Å². The smallest absolute Gasteiger partial charge is 0.249 e. The van der Waals surface area contributed by atoms with E-state index in [2.05, 4.69) is 31.3 Å². The summed E-state index contributed by atoms with van der Waals surface area (Å²) in [6.45, 7) is 4.10. The molecule has 0 saturated carbocycles. The van der Waals surface area contributed by atoms with Gasteiger partial charge in [0.05, 0.1) is 18.8 Å². The Morgan fingerprint density at radius 2 is 0.569 bits per heavy atom. The van der Waals surface area contributed by atoms with Crippen LogP contribution >= 0.6 is 0 Å². The number of rotatable bonds is 62. The predicted octanol–water partition coefficient (Wildman–Crippen LogP) is 20.0. The van der Waals surface area contributed by atoms with Gasteiger partial charge >= 0.3 is 0 Å². The van der Waals surface area contributed by atoms with Crippen molar-refractivity contribution in [3.05, 3.63) is 12.2 Å². The van der Waals surface area contributed by atoms with Crippen LogP contribution in [0.3, 0.4) is 0 Å². The van der Waals surface area contributed by atoms with Gasteiger partial charge in [-0.3, -0.25) is 4.79 Å². The summed E-state index contributed by atoms with van der Waals surface area (Å²) in [5.74, 6) is -0.584. The second kappa shape index (κ2) is 60.9. The van der Waals surface area contributed by atoms with Crippen molar-refractivity contribution < 1.29 is 25.2 Å². The molecule has 0 aromatic rings. The van der Waals surface area contributed by atoms with Gasteiger partial charge in [0.25, 0.3) is 0 Å². The molecule has 0 aromatic heterocycles. The molecule has 4 atom stereocenters. The summed E-state index contributed by atoms with van der Waals surface area (Å²) in [5.41, 5.74) is 0. The Kier molecular flexibility index (Phi) is 60.1. The van der Waals surface area contributed by atoms with Gasteiger partial charge in [-0.25, -0.2) is 0 Å². The first kappa shape index (κ1) is 71.0. The van der Waals surface area contributed by atoms with E-state index in [4.69, 9.17) is 0 Å². The number of amides is 1. The van der Waals surface area contributed by atoms with E-state index in [1.54, 1.807) is 0 Å². The standard InChI is InChI=1S/C66H131NO5/c1-3-5-7-9-11-13-15-17-19-21-23-25-27-29-31-32-34-35-37-39-41-43-45-47-49-51-53-55-57-59-63(69)65(71)62(61-68)67-66(72)64(70)60-58-56-54-52-50-48-46-44-42-40-38-36-33-30-28-26-24-22-20-18-16-14-12-10-8-6-4-2/h51,53,62-65,68-71H,3-50,52,54-61H2,1-2H3,(H,67,72)/b53-51+. The van der Waals surface area contributed by atoms with E-state index in [9.17, 15) is 25.2 Å². The first-order chi connectivity index (χ1) is 35.5. The van der Waals surface area contributed by atoms with Gasteiger partial charge in [-0.1, -0.05) is 347 Å². The summed E-state index contributed by atoms with van der Waals surface area (Å²) >= 11 is 0. The maximum Gasteiger partial charge on any atom is 0.249 e. The molecule has 6 nitrogen and oxygen atoms in total. The van der Waals surface area contributed by atoms with Crippen molar-refractivity contribution in [3.63, 3.8) is 0 Å². The average molecular weight is 1020 g/mol. The molecule has 0 fully saturated rings. The summed E-state index contributed by atoms with van der Waals surface area (Å²) in [6.07, 6.45) is 74.7. The number of hydrogen-bond acceptors (Lipinski definition) is 5. The van der Waals surface area contributed by atoms with E-state index < -0.39 is 36.9 Å². The lowest BCUT2D eigenvalue weighted by Crippen LogP contribution is -2.53. The largest absolute Gasteiger partial charge is 0.394 e. The van der Waals surface area contributed by atoms with Crippen molar-refractivity contribution in [2.75, 3.05) is 6.61 Å². The molecule has 1 amide bonds. The number of carbonyl (C=O) groups excluding carboxylic acids is 1. The summed E-state index contributed by atoms with van der Waals surface area (Å²) in [5, 5.41) is 44.1. The minimum Gasteiger partial charge on any atom is -0.394 e. The van der Waals surface area contributed by atoms with E-state index in [0.29, 0.717) is 12.8 Å². The lowest BCUT2D eigenvalue weighted by atomic mass is 10.00. The third-order valence-electron chi connectivity index (χ3n) is 16.0. The Morgan fingerprint density at radius 3 is 0.833 bits per heavy atom. The van der Waals surface area contributed by atoms with Gasteiger partial charge in [0.15, 0.2) is 0 Å². The van der Waals surface area contributed by atoms with Crippen LogP contribution in [0.1, 0.15) is 373 Å². The molecule has 0 aliphatic carbocycles. The van der Waals surface area contributed by atoms with Gasteiger partial charge in [-0.2, -0.15) is 0 Å². The van der Waals surface area contributed by atoms with Gasteiger partial charge in [-0.05, 0) is 38.5 Å². The number of unbranched alkanes of at least 4 members (excludes halogenated alkanes) is 51. The minimum absolute atomic E-state index is 0.369. The Morgan fingerprint density at radius 1 is 0.333 bits per heavy atom. The van der Waals surface area contributed by atoms with Crippen LogP contribution in [0.25, 0.3) is 0 Å². The van der Waals surface area contributed by atoms with Crippen molar-refractivity contribution in [3.8, 4) is 0 Å². The van der Waals surface area contributed by atoms with Gasteiger partial charge in [0, 0.05) is 0 Å². The van der Waals surface area contributed by atoms with Crippen LogP contribution in [0.15, 0.2) is 12.2 Å². The molecular weight excluding hydrogens is 887 g/mol. The molecule has 0 aromatic carbocycles. The highest BCUT2D eigenvalue weighted by molar-refractivity contribution is 5.80. The van der Waals surface area contributed by atoms with Gasteiger partial charge in [0.2, 0.25) is 5.91 Å². The maximum atomic E-state index is 12.6. The fraction of sp³-hybridized carbons (Fsp3) is 0.955. The lowest BCUT2D eigenvalue weighted by Gasteiger charge is -2.27. The Labute approximate surface area is 451 Å². The fourth-order valence-electron chi connectivity index (χ4n) is 10.8.